The Morgan fingerprint density at radius 1 is 1.00 bits per heavy atom. The molecule has 2 rings (SSSR count). The summed E-state index contributed by atoms with van der Waals surface area (Å²) in [6, 6.07) is 0. The Hall–Kier alpha value is -1.04. The molecule has 0 spiro atoms. The predicted molar refractivity (Wildman–Crippen MR) is 59.6 cm³/mol. The quantitative estimate of drug-likeness (QED) is 0.563. The molecule has 0 saturated carbocycles. The van der Waals surface area contributed by atoms with Crippen molar-refractivity contribution < 1.29 is 0 Å². The van der Waals surface area contributed by atoms with Crippen molar-refractivity contribution in [3.05, 3.63) is 48.1 Å². The van der Waals surface area contributed by atoms with E-state index >= 15 is 0 Å². The standard InChI is InChI=1S/C8H12.C5H6/c1-7(2)8-5-3-4-6-8;1-2-4-5-3-1/h3-5,7H,6H2,1-2H3;1-4H,5H2. The molecule has 0 nitrogen and oxygen atoms in total. The lowest BCUT2D eigenvalue weighted by molar-refractivity contribution is 0.753. The Labute approximate surface area is 81.4 Å². The molecule has 0 aromatic rings. The van der Waals surface area contributed by atoms with Gasteiger partial charge in [0.1, 0.15) is 0 Å². The molecule has 0 heteroatoms. The van der Waals surface area contributed by atoms with Crippen molar-refractivity contribution in [1.29, 1.82) is 0 Å². The summed E-state index contributed by atoms with van der Waals surface area (Å²) in [5.41, 5.74) is 1.56. The van der Waals surface area contributed by atoms with Gasteiger partial charge in [0.05, 0.1) is 0 Å². The van der Waals surface area contributed by atoms with Crippen molar-refractivity contribution in [2.24, 2.45) is 5.92 Å². The van der Waals surface area contributed by atoms with Crippen molar-refractivity contribution in [2.75, 3.05) is 0 Å². The average molecular weight is 174 g/mol. The van der Waals surface area contributed by atoms with Gasteiger partial charge in [-0.25, -0.2) is 0 Å². The van der Waals surface area contributed by atoms with E-state index in [4.69, 9.17) is 0 Å². The van der Waals surface area contributed by atoms with Crippen LogP contribution < -0.4 is 0 Å². The highest BCUT2D eigenvalue weighted by atomic mass is 14.1. The Balaban J connectivity index is 0.000000145. The monoisotopic (exact) mass is 174 g/mol. The van der Waals surface area contributed by atoms with E-state index in [-0.39, 0.29) is 0 Å². The normalized spacial score (nSPS) is 17.6. The molecule has 2 aliphatic carbocycles. The Morgan fingerprint density at radius 2 is 1.69 bits per heavy atom. The number of hydrogen-bond donors (Lipinski definition) is 0. The van der Waals surface area contributed by atoms with Gasteiger partial charge in [-0.15, -0.1) is 0 Å². The van der Waals surface area contributed by atoms with Gasteiger partial charge >= 0.3 is 0 Å². The lowest BCUT2D eigenvalue weighted by atomic mass is 10.0. The first kappa shape index (κ1) is 10.0. The van der Waals surface area contributed by atoms with Crippen molar-refractivity contribution in [2.45, 2.75) is 26.7 Å². The second kappa shape index (κ2) is 5.58. The fraction of sp³-hybridized carbons (Fsp3) is 0.385. The van der Waals surface area contributed by atoms with E-state index in [2.05, 4.69) is 56.4 Å². The van der Waals surface area contributed by atoms with Gasteiger partial charge in [0.2, 0.25) is 0 Å². The molecule has 0 bridgehead atoms. The summed E-state index contributed by atoms with van der Waals surface area (Å²) in [5, 5.41) is 0. The Bertz CT molecular complexity index is 239. The summed E-state index contributed by atoms with van der Waals surface area (Å²) in [6.07, 6.45) is 17.2. The van der Waals surface area contributed by atoms with Crippen LogP contribution in [0, 0.1) is 5.92 Å². The summed E-state index contributed by atoms with van der Waals surface area (Å²) < 4.78 is 0. The molecule has 13 heavy (non-hydrogen) atoms. The minimum absolute atomic E-state index is 0.741. The van der Waals surface area contributed by atoms with Gasteiger partial charge < -0.3 is 0 Å². The van der Waals surface area contributed by atoms with Crippen LogP contribution in [0.25, 0.3) is 0 Å². The molecule has 0 fully saturated rings. The van der Waals surface area contributed by atoms with E-state index < -0.39 is 0 Å². The van der Waals surface area contributed by atoms with Gasteiger partial charge in [-0.3, -0.25) is 0 Å². The summed E-state index contributed by atoms with van der Waals surface area (Å²) in [5.74, 6) is 0.741. The average Bonchev–Trinajstić information content (AvgIpc) is 2.82. The summed E-state index contributed by atoms with van der Waals surface area (Å²) in [7, 11) is 0. The topological polar surface area (TPSA) is 0 Å². The zero-order chi connectivity index (χ0) is 9.52. The summed E-state index contributed by atoms with van der Waals surface area (Å²) >= 11 is 0. The van der Waals surface area contributed by atoms with E-state index in [1.165, 1.54) is 6.42 Å². The van der Waals surface area contributed by atoms with E-state index in [1.54, 1.807) is 5.57 Å². The number of hydrogen-bond acceptors (Lipinski definition) is 0. The van der Waals surface area contributed by atoms with Crippen molar-refractivity contribution in [3.63, 3.8) is 0 Å². The van der Waals surface area contributed by atoms with Gasteiger partial charge in [-0.05, 0) is 18.8 Å². The van der Waals surface area contributed by atoms with E-state index in [0.717, 1.165) is 12.3 Å². The Morgan fingerprint density at radius 3 is 1.92 bits per heavy atom. The highest BCUT2D eigenvalue weighted by Gasteiger charge is 2.01. The molecule has 2 aliphatic rings. The molecule has 0 aliphatic heterocycles. The molecule has 0 amide bonds. The van der Waals surface area contributed by atoms with E-state index in [0.29, 0.717) is 0 Å². The predicted octanol–water partition coefficient (Wildman–Crippen LogP) is 4.03. The largest absolute Gasteiger partial charge is 0.0808 e. The smallest absolute Gasteiger partial charge is 0.0130 e. The van der Waals surface area contributed by atoms with Crippen LogP contribution in [0.1, 0.15) is 26.7 Å². The molecule has 0 atom stereocenters. The fourth-order valence-electron chi connectivity index (χ4n) is 1.28. The van der Waals surface area contributed by atoms with Crippen LogP contribution in [-0.2, 0) is 0 Å². The van der Waals surface area contributed by atoms with Crippen LogP contribution in [0.4, 0.5) is 0 Å². The van der Waals surface area contributed by atoms with Crippen molar-refractivity contribution in [3.8, 4) is 0 Å². The number of allylic oxidation sites excluding steroid dienone is 8. The van der Waals surface area contributed by atoms with E-state index in [9.17, 15) is 0 Å². The maximum atomic E-state index is 2.23. The molecule has 0 unspecified atom stereocenters. The maximum absolute atomic E-state index is 2.23. The Kier molecular flexibility index (Phi) is 4.31. The minimum Gasteiger partial charge on any atom is -0.0808 e. The van der Waals surface area contributed by atoms with Gasteiger partial charge in [-0.1, -0.05) is 62.0 Å². The van der Waals surface area contributed by atoms with Crippen LogP contribution in [0.3, 0.4) is 0 Å². The third-order valence-electron chi connectivity index (χ3n) is 2.20. The highest BCUT2D eigenvalue weighted by Crippen LogP contribution is 2.18. The molecule has 0 aromatic carbocycles. The first-order valence-electron chi connectivity index (χ1n) is 4.98. The van der Waals surface area contributed by atoms with Crippen LogP contribution in [0.5, 0.6) is 0 Å². The molecular weight excluding hydrogens is 156 g/mol. The molecule has 0 aromatic heterocycles. The second-order valence-corrected chi connectivity index (χ2v) is 3.62. The third-order valence-corrected chi connectivity index (χ3v) is 2.20. The lowest BCUT2D eigenvalue weighted by Crippen LogP contribution is -1.88. The first-order chi connectivity index (χ1) is 6.30. The van der Waals surface area contributed by atoms with Gasteiger partial charge in [0.15, 0.2) is 0 Å². The molecule has 0 N–H and O–H groups in total. The molecule has 70 valence electrons. The lowest BCUT2D eigenvalue weighted by Gasteiger charge is -2.02. The second-order valence-electron chi connectivity index (χ2n) is 3.62. The molecular formula is C13H18. The van der Waals surface area contributed by atoms with Crippen LogP contribution in [0.15, 0.2) is 48.1 Å². The van der Waals surface area contributed by atoms with E-state index in [1.807, 2.05) is 0 Å². The van der Waals surface area contributed by atoms with Crippen LogP contribution >= 0.6 is 0 Å². The van der Waals surface area contributed by atoms with Crippen LogP contribution in [0.2, 0.25) is 0 Å². The van der Waals surface area contributed by atoms with Gasteiger partial charge in [0.25, 0.3) is 0 Å². The molecule has 0 radical (unpaired) electrons. The zero-order valence-corrected chi connectivity index (χ0v) is 8.53. The molecule has 0 saturated heterocycles. The first-order valence-corrected chi connectivity index (χ1v) is 4.98. The van der Waals surface area contributed by atoms with Gasteiger partial charge in [0, 0.05) is 0 Å². The van der Waals surface area contributed by atoms with Crippen molar-refractivity contribution in [1.82, 2.24) is 0 Å². The van der Waals surface area contributed by atoms with Crippen molar-refractivity contribution >= 4 is 0 Å². The SMILES string of the molecule is C1=CCC=C1.CC(C)C1=CC=CC1. The maximum Gasteiger partial charge on any atom is -0.0130 e. The minimum atomic E-state index is 0.741. The summed E-state index contributed by atoms with van der Waals surface area (Å²) in [6.45, 7) is 4.47. The highest BCUT2D eigenvalue weighted by molar-refractivity contribution is 5.23. The van der Waals surface area contributed by atoms with Gasteiger partial charge in [-0.2, -0.15) is 0 Å². The third kappa shape index (κ3) is 3.93. The molecule has 0 heterocycles. The zero-order valence-electron chi connectivity index (χ0n) is 8.53. The fourth-order valence-corrected chi connectivity index (χ4v) is 1.28. The van der Waals surface area contributed by atoms with Crippen LogP contribution in [-0.4, -0.2) is 0 Å². The number of rotatable bonds is 1. The summed E-state index contributed by atoms with van der Waals surface area (Å²) in [4.78, 5) is 0.